The van der Waals surface area contributed by atoms with E-state index in [9.17, 15) is 13.2 Å². The summed E-state index contributed by atoms with van der Waals surface area (Å²) in [6.45, 7) is 2.69. The van der Waals surface area contributed by atoms with E-state index >= 15 is 0 Å². The largest absolute Gasteiger partial charge is 0.416 e. The van der Waals surface area contributed by atoms with E-state index in [0.29, 0.717) is 37.9 Å². The van der Waals surface area contributed by atoms with Crippen molar-refractivity contribution in [2.75, 3.05) is 47.1 Å². The van der Waals surface area contributed by atoms with Crippen molar-refractivity contribution in [1.29, 1.82) is 0 Å². The van der Waals surface area contributed by atoms with Crippen LogP contribution in [0.5, 0.6) is 0 Å². The zero-order valence-electron chi connectivity index (χ0n) is 15.4. The van der Waals surface area contributed by atoms with Gasteiger partial charge in [0.05, 0.1) is 25.3 Å². The van der Waals surface area contributed by atoms with Crippen LogP contribution in [-0.2, 0) is 15.7 Å². The second-order valence-corrected chi connectivity index (χ2v) is 5.19. The van der Waals surface area contributed by atoms with Crippen LogP contribution >= 0.6 is 24.0 Å². The van der Waals surface area contributed by atoms with Gasteiger partial charge in [-0.05, 0) is 24.6 Å². The molecule has 0 amide bonds. The second kappa shape index (κ2) is 14.5. The number of nitrogens with zero attached hydrogens (tertiary/aromatic N) is 1. The second-order valence-electron chi connectivity index (χ2n) is 5.19. The van der Waals surface area contributed by atoms with E-state index in [-0.39, 0.29) is 30.5 Å². The summed E-state index contributed by atoms with van der Waals surface area (Å²) in [7, 11) is 3.25. The summed E-state index contributed by atoms with van der Waals surface area (Å²) in [5.41, 5.74) is -0.389. The fourth-order valence-corrected chi connectivity index (χ4v) is 1.89. The molecule has 152 valence electrons. The molecule has 0 bridgehead atoms. The molecule has 27 heavy (non-hydrogen) atoms. The summed E-state index contributed by atoms with van der Waals surface area (Å²) in [4.78, 5) is 4.04. The third-order valence-electron chi connectivity index (χ3n) is 3.18. The monoisotopic (exact) mass is 499 g/mol. The number of alkyl halides is 3. The Labute approximate surface area is 175 Å². The first kappa shape index (κ1) is 25.5. The van der Waals surface area contributed by atoms with Gasteiger partial charge in [0.25, 0.3) is 0 Å². The first-order valence-electron chi connectivity index (χ1n) is 8.14. The maximum atomic E-state index is 12.6. The van der Waals surface area contributed by atoms with Crippen molar-refractivity contribution in [3.05, 3.63) is 35.4 Å². The molecule has 0 radical (unpaired) electrons. The first-order chi connectivity index (χ1) is 12.5. The number of guanidine groups is 1. The van der Waals surface area contributed by atoms with Crippen LogP contribution in [0.4, 0.5) is 13.2 Å². The summed E-state index contributed by atoms with van der Waals surface area (Å²) in [6.07, 6.45) is -3.56. The molecule has 1 aromatic carbocycles. The van der Waals surface area contributed by atoms with Gasteiger partial charge >= 0.3 is 6.18 Å². The number of rotatable bonds is 8. The molecule has 0 aliphatic rings. The van der Waals surface area contributed by atoms with Gasteiger partial charge in [0.2, 0.25) is 0 Å². The molecule has 0 saturated carbocycles. The van der Waals surface area contributed by atoms with Crippen molar-refractivity contribution in [2.45, 2.75) is 12.6 Å². The molecule has 0 aliphatic heterocycles. The van der Waals surface area contributed by atoms with E-state index < -0.39 is 11.7 Å². The quantitative estimate of drug-likeness (QED) is 0.190. The Bertz CT molecular complexity index is 628. The van der Waals surface area contributed by atoms with E-state index in [1.807, 2.05) is 0 Å². The number of nitrogens with one attached hydrogen (secondary N) is 2. The van der Waals surface area contributed by atoms with Gasteiger partial charge in [-0.3, -0.25) is 4.99 Å². The topological polar surface area (TPSA) is 54.9 Å². The van der Waals surface area contributed by atoms with E-state index in [0.717, 1.165) is 18.6 Å². The van der Waals surface area contributed by atoms with Crippen LogP contribution in [-0.4, -0.2) is 53.0 Å². The maximum Gasteiger partial charge on any atom is 0.416 e. The van der Waals surface area contributed by atoms with Crippen LogP contribution in [0.2, 0.25) is 0 Å². The van der Waals surface area contributed by atoms with Crippen molar-refractivity contribution in [3.63, 3.8) is 0 Å². The minimum atomic E-state index is -4.37. The third-order valence-corrected chi connectivity index (χ3v) is 3.18. The Morgan fingerprint density at radius 1 is 1.19 bits per heavy atom. The summed E-state index contributed by atoms with van der Waals surface area (Å²) >= 11 is 0. The number of ether oxygens (including phenoxy) is 2. The standard InChI is InChI=1S/C18H24F3N3O2.HI/c1-22-17(24-10-5-11-26-13-12-25-2)23-9-4-7-15-6-3-8-16(14-15)18(19,20)21;/h3,6,8,14H,5,9-13H2,1-2H3,(H2,22,23,24);1H. The van der Waals surface area contributed by atoms with Crippen LogP contribution in [0.15, 0.2) is 29.3 Å². The number of aliphatic imine (C=N–C) groups is 1. The van der Waals surface area contributed by atoms with Crippen molar-refractivity contribution in [3.8, 4) is 11.8 Å². The highest BCUT2D eigenvalue weighted by atomic mass is 127. The zero-order valence-corrected chi connectivity index (χ0v) is 17.7. The van der Waals surface area contributed by atoms with E-state index in [2.05, 4.69) is 27.5 Å². The molecular formula is C18H25F3IN3O2. The number of hydrogen-bond donors (Lipinski definition) is 2. The highest BCUT2D eigenvalue weighted by Gasteiger charge is 2.30. The molecule has 1 rings (SSSR count). The fraction of sp³-hybridized carbons (Fsp3) is 0.500. The molecule has 1 aromatic rings. The highest BCUT2D eigenvalue weighted by molar-refractivity contribution is 14.0. The van der Waals surface area contributed by atoms with Crippen LogP contribution < -0.4 is 10.6 Å². The highest BCUT2D eigenvalue weighted by Crippen LogP contribution is 2.29. The SMILES string of the molecule is CN=C(NCC#Cc1cccc(C(F)(F)F)c1)NCCCOCCOC.I. The van der Waals surface area contributed by atoms with Crippen LogP contribution in [0.1, 0.15) is 17.5 Å². The Morgan fingerprint density at radius 3 is 2.63 bits per heavy atom. The Kier molecular flexibility index (Phi) is 13.7. The van der Waals surface area contributed by atoms with Gasteiger partial charge in [0.1, 0.15) is 0 Å². The van der Waals surface area contributed by atoms with Gasteiger partial charge in [0, 0.05) is 32.9 Å². The van der Waals surface area contributed by atoms with Crippen molar-refractivity contribution >= 4 is 29.9 Å². The predicted molar refractivity (Wildman–Crippen MR) is 110 cm³/mol. The molecule has 0 aromatic heterocycles. The molecular weight excluding hydrogens is 474 g/mol. The number of hydrogen-bond acceptors (Lipinski definition) is 3. The average molecular weight is 499 g/mol. The summed E-state index contributed by atoms with van der Waals surface area (Å²) < 4.78 is 48.1. The lowest BCUT2D eigenvalue weighted by molar-refractivity contribution is -0.137. The smallest absolute Gasteiger partial charge is 0.382 e. The van der Waals surface area contributed by atoms with E-state index in [1.54, 1.807) is 20.2 Å². The van der Waals surface area contributed by atoms with Crippen LogP contribution in [0.25, 0.3) is 0 Å². The van der Waals surface area contributed by atoms with Crippen molar-refractivity contribution in [2.24, 2.45) is 4.99 Å². The number of methoxy groups -OCH3 is 1. The molecule has 0 heterocycles. The molecule has 9 heteroatoms. The molecule has 0 spiro atoms. The molecule has 0 aliphatic carbocycles. The Balaban J connectivity index is 0.00000676. The van der Waals surface area contributed by atoms with Crippen LogP contribution in [0.3, 0.4) is 0 Å². The molecule has 0 unspecified atom stereocenters. The minimum Gasteiger partial charge on any atom is -0.382 e. The third kappa shape index (κ3) is 11.7. The molecule has 0 fully saturated rings. The average Bonchev–Trinajstić information content (AvgIpc) is 2.62. The van der Waals surface area contributed by atoms with Gasteiger partial charge in [-0.15, -0.1) is 24.0 Å². The summed E-state index contributed by atoms with van der Waals surface area (Å²) in [6, 6.07) is 4.94. The molecule has 2 N–H and O–H groups in total. The Hall–Kier alpha value is -1.51. The van der Waals surface area contributed by atoms with Gasteiger partial charge < -0.3 is 20.1 Å². The van der Waals surface area contributed by atoms with Gasteiger partial charge in [-0.25, -0.2) is 0 Å². The first-order valence-corrected chi connectivity index (χ1v) is 8.14. The van der Waals surface area contributed by atoms with Gasteiger partial charge in [-0.2, -0.15) is 13.2 Å². The number of benzene rings is 1. The van der Waals surface area contributed by atoms with Crippen molar-refractivity contribution in [1.82, 2.24) is 10.6 Å². The van der Waals surface area contributed by atoms with E-state index in [4.69, 9.17) is 9.47 Å². The lowest BCUT2D eigenvalue weighted by Crippen LogP contribution is -2.38. The lowest BCUT2D eigenvalue weighted by Gasteiger charge is -2.10. The normalized spacial score (nSPS) is 11.2. The van der Waals surface area contributed by atoms with Gasteiger partial charge in [-0.1, -0.05) is 17.9 Å². The van der Waals surface area contributed by atoms with E-state index in [1.165, 1.54) is 6.07 Å². The zero-order chi connectivity index (χ0) is 19.3. The van der Waals surface area contributed by atoms with Crippen molar-refractivity contribution < 1.29 is 22.6 Å². The minimum absolute atomic E-state index is 0. The predicted octanol–water partition coefficient (Wildman–Crippen LogP) is 2.89. The summed E-state index contributed by atoms with van der Waals surface area (Å²) in [5, 5.41) is 6.08. The lowest BCUT2D eigenvalue weighted by atomic mass is 10.1. The molecule has 5 nitrogen and oxygen atoms in total. The molecule has 0 saturated heterocycles. The van der Waals surface area contributed by atoms with Crippen LogP contribution in [0, 0.1) is 11.8 Å². The number of halogens is 4. The Morgan fingerprint density at radius 2 is 1.96 bits per heavy atom. The summed E-state index contributed by atoms with van der Waals surface area (Å²) in [5.74, 6) is 6.06. The van der Waals surface area contributed by atoms with Gasteiger partial charge in [0.15, 0.2) is 5.96 Å². The molecule has 0 atom stereocenters. The maximum absolute atomic E-state index is 12.6. The fourth-order valence-electron chi connectivity index (χ4n) is 1.89.